The number of likely N-dealkylation sites (tertiary alicyclic amines) is 1. The minimum Gasteiger partial charge on any atom is -0.418 e. The fraction of sp³-hybridized carbons (Fsp3) is 0.357. The number of β-amino-alcohol motifs (C(OH)–C–C–N with tert-alkyl or cyclic N) is 1. The summed E-state index contributed by atoms with van der Waals surface area (Å²) in [7, 11) is 0. The third-order valence-electron chi connectivity index (χ3n) is 7.37. The van der Waals surface area contributed by atoms with Gasteiger partial charge in [-0.25, -0.2) is 9.59 Å². The molecule has 2 aliphatic rings. The fourth-order valence-electron chi connectivity index (χ4n) is 5.35. The predicted octanol–water partition coefficient (Wildman–Crippen LogP) is 4.45. The van der Waals surface area contributed by atoms with E-state index in [4.69, 9.17) is 14.2 Å². The van der Waals surface area contributed by atoms with Gasteiger partial charge in [-0.1, -0.05) is 18.2 Å². The Morgan fingerprint density at radius 1 is 1.19 bits per heavy atom. The first-order valence-corrected chi connectivity index (χ1v) is 13.3. The highest BCUT2D eigenvalue weighted by Crippen LogP contribution is 2.39. The van der Waals surface area contributed by atoms with Crippen LogP contribution in [-0.2, 0) is 19.1 Å². The van der Waals surface area contributed by atoms with E-state index in [1.54, 1.807) is 24.4 Å². The van der Waals surface area contributed by atoms with Crippen molar-refractivity contribution in [3.05, 3.63) is 65.2 Å². The largest absolute Gasteiger partial charge is 0.451 e. The average molecular weight is 521 g/mol. The summed E-state index contributed by atoms with van der Waals surface area (Å²) in [6.07, 6.45) is 2.19. The normalized spacial score (nSPS) is 22.8. The maximum absolute atomic E-state index is 12.0. The van der Waals surface area contributed by atoms with Crippen LogP contribution in [0.25, 0.3) is 21.0 Å². The number of carbonyl (C=O) groups excluding carboxylic acids is 2. The summed E-state index contributed by atoms with van der Waals surface area (Å²) in [4.78, 5) is 30.7. The van der Waals surface area contributed by atoms with Crippen LogP contribution in [0.15, 0.2) is 54.7 Å². The zero-order chi connectivity index (χ0) is 25.7. The van der Waals surface area contributed by atoms with Crippen molar-refractivity contribution < 1.29 is 28.9 Å². The minimum atomic E-state index is -2.25. The molecule has 2 aromatic heterocycles. The number of rotatable bonds is 6. The van der Waals surface area contributed by atoms with Gasteiger partial charge in [-0.3, -0.25) is 4.90 Å². The predicted molar refractivity (Wildman–Crippen MR) is 139 cm³/mol. The number of aromatic nitrogens is 1. The van der Waals surface area contributed by atoms with Crippen LogP contribution in [0.3, 0.4) is 0 Å². The van der Waals surface area contributed by atoms with Gasteiger partial charge in [-0.15, -0.1) is 11.3 Å². The molecule has 37 heavy (non-hydrogen) atoms. The number of benzene rings is 2. The number of hydrogen-bond acceptors (Lipinski definition) is 8. The molecule has 2 aliphatic heterocycles. The molecule has 192 valence electrons. The van der Waals surface area contributed by atoms with Gasteiger partial charge in [0.05, 0.1) is 0 Å². The van der Waals surface area contributed by atoms with Gasteiger partial charge in [0.2, 0.25) is 0 Å². The second-order valence-corrected chi connectivity index (χ2v) is 11.1. The topological polar surface area (TPSA) is 101 Å². The minimum absolute atomic E-state index is 0.114. The zero-order valence-electron chi connectivity index (χ0n) is 20.6. The number of cyclic esters (lactones) is 2. The molecule has 2 saturated heterocycles. The van der Waals surface area contributed by atoms with Gasteiger partial charge in [0.25, 0.3) is 0 Å². The van der Waals surface area contributed by atoms with Gasteiger partial charge in [0, 0.05) is 39.3 Å². The number of fused-ring (bicyclic) bond motifs is 2. The van der Waals surface area contributed by atoms with E-state index in [9.17, 15) is 14.7 Å². The SMILES string of the molecule is Cc1ccc2cc([C@H]3CCN(C[C@H](O)C4(Oc5cccc6[nH]ccc56)OC(=O)C(=O)O4)[C@@H](C)C3)sc2c1. The van der Waals surface area contributed by atoms with Gasteiger partial charge < -0.3 is 24.3 Å². The lowest BCUT2D eigenvalue weighted by Crippen LogP contribution is -2.56. The number of piperidine rings is 1. The van der Waals surface area contributed by atoms with Crippen molar-refractivity contribution in [2.24, 2.45) is 0 Å². The molecule has 3 atom stereocenters. The van der Waals surface area contributed by atoms with E-state index in [1.807, 2.05) is 17.4 Å². The molecular weight excluding hydrogens is 492 g/mol. The van der Waals surface area contributed by atoms with E-state index < -0.39 is 24.0 Å². The molecule has 0 radical (unpaired) electrons. The van der Waals surface area contributed by atoms with E-state index >= 15 is 0 Å². The van der Waals surface area contributed by atoms with Gasteiger partial charge in [-0.2, -0.15) is 0 Å². The Morgan fingerprint density at radius 3 is 2.78 bits per heavy atom. The van der Waals surface area contributed by atoms with Crippen molar-refractivity contribution in [3.63, 3.8) is 0 Å². The first-order chi connectivity index (χ1) is 17.8. The van der Waals surface area contributed by atoms with Crippen molar-refractivity contribution in [1.29, 1.82) is 0 Å². The number of thiophene rings is 1. The van der Waals surface area contributed by atoms with E-state index in [1.165, 1.54) is 20.5 Å². The first kappa shape index (κ1) is 24.0. The van der Waals surface area contributed by atoms with Crippen LogP contribution in [0, 0.1) is 6.92 Å². The average Bonchev–Trinajstić information content (AvgIpc) is 3.58. The summed E-state index contributed by atoms with van der Waals surface area (Å²) in [6.45, 7) is 5.08. The number of carbonyl (C=O) groups is 2. The number of esters is 2. The van der Waals surface area contributed by atoms with Gasteiger partial charge in [0.1, 0.15) is 5.75 Å². The highest BCUT2D eigenvalue weighted by molar-refractivity contribution is 7.19. The van der Waals surface area contributed by atoms with E-state index in [-0.39, 0.29) is 12.6 Å². The van der Waals surface area contributed by atoms with Gasteiger partial charge >= 0.3 is 17.9 Å². The van der Waals surface area contributed by atoms with Crippen LogP contribution in [0.5, 0.6) is 5.75 Å². The lowest BCUT2D eigenvalue weighted by Gasteiger charge is -2.40. The molecular formula is C28H28N2O6S. The van der Waals surface area contributed by atoms with Gasteiger partial charge in [-0.05, 0) is 80.4 Å². The van der Waals surface area contributed by atoms with Crippen LogP contribution >= 0.6 is 11.3 Å². The standard InChI is InChI=1S/C28H28N2O6S/c1-16-6-7-18-14-24(37-23(18)12-16)19-9-11-30(17(2)13-19)15-25(31)28(35-26(32)27(33)36-28)34-22-5-3-4-21-20(22)8-10-29-21/h3-8,10,12,14,17,19,25,29,31H,9,11,13,15H2,1-2H3/t17-,19-,25-/m0/s1. The Labute approximate surface area is 217 Å². The van der Waals surface area contributed by atoms with Crippen LogP contribution in [0.1, 0.15) is 36.1 Å². The molecule has 2 fully saturated rings. The summed E-state index contributed by atoms with van der Waals surface area (Å²) in [6, 6.07) is 16.1. The van der Waals surface area contributed by atoms with Crippen LogP contribution in [0.2, 0.25) is 0 Å². The van der Waals surface area contributed by atoms with Crippen molar-refractivity contribution in [2.45, 2.75) is 50.7 Å². The molecule has 8 nitrogen and oxygen atoms in total. The molecule has 6 rings (SSSR count). The molecule has 4 heterocycles. The molecule has 2 N–H and O–H groups in total. The van der Waals surface area contributed by atoms with Crippen LogP contribution in [-0.4, -0.2) is 58.1 Å². The first-order valence-electron chi connectivity index (χ1n) is 12.4. The van der Waals surface area contributed by atoms with Gasteiger partial charge in [0.15, 0.2) is 6.10 Å². The number of nitrogens with one attached hydrogen (secondary N) is 1. The molecule has 0 saturated carbocycles. The van der Waals surface area contributed by atoms with E-state index in [2.05, 4.69) is 48.0 Å². The third-order valence-corrected chi connectivity index (χ3v) is 8.63. The van der Waals surface area contributed by atoms with Crippen molar-refractivity contribution in [1.82, 2.24) is 9.88 Å². The highest BCUT2D eigenvalue weighted by Gasteiger charge is 2.58. The second-order valence-electron chi connectivity index (χ2n) is 9.95. The molecule has 4 aromatic rings. The van der Waals surface area contributed by atoms with E-state index in [0.29, 0.717) is 17.1 Å². The summed E-state index contributed by atoms with van der Waals surface area (Å²) in [5, 5.41) is 13.3. The quantitative estimate of drug-likeness (QED) is 0.286. The Morgan fingerprint density at radius 2 is 2.00 bits per heavy atom. The Balaban J connectivity index is 1.19. The molecule has 0 unspecified atom stereocenters. The molecule has 0 bridgehead atoms. The number of aliphatic hydroxyl groups is 1. The molecule has 0 aliphatic carbocycles. The molecule has 0 spiro atoms. The van der Waals surface area contributed by atoms with Crippen molar-refractivity contribution in [3.8, 4) is 5.75 Å². The third kappa shape index (κ3) is 4.37. The Kier molecular flexibility index (Phi) is 5.94. The maximum atomic E-state index is 12.0. The number of nitrogens with zero attached hydrogens (tertiary/aromatic N) is 1. The molecule has 2 aromatic carbocycles. The number of aromatic amines is 1. The molecule has 0 amide bonds. The summed E-state index contributed by atoms with van der Waals surface area (Å²) in [5.74, 6) is -3.87. The highest BCUT2D eigenvalue weighted by atomic mass is 32.1. The fourth-order valence-corrected chi connectivity index (χ4v) is 6.66. The number of hydrogen-bond donors (Lipinski definition) is 2. The smallest absolute Gasteiger partial charge is 0.418 e. The second kappa shape index (κ2) is 9.16. The number of H-pyrrole nitrogens is 1. The lowest BCUT2D eigenvalue weighted by atomic mass is 9.90. The van der Waals surface area contributed by atoms with Crippen LogP contribution < -0.4 is 4.74 Å². The maximum Gasteiger partial charge on any atom is 0.451 e. The number of ether oxygens (including phenoxy) is 3. The summed E-state index contributed by atoms with van der Waals surface area (Å²) < 4.78 is 17.8. The van der Waals surface area contributed by atoms with Crippen molar-refractivity contribution in [2.75, 3.05) is 13.1 Å². The monoisotopic (exact) mass is 520 g/mol. The summed E-state index contributed by atoms with van der Waals surface area (Å²) >= 11 is 1.85. The number of aliphatic hydroxyl groups excluding tert-OH is 1. The number of aryl methyl sites for hydroxylation is 1. The summed E-state index contributed by atoms with van der Waals surface area (Å²) in [5.41, 5.74) is 2.06. The van der Waals surface area contributed by atoms with Crippen molar-refractivity contribution >= 4 is 44.3 Å². The zero-order valence-corrected chi connectivity index (χ0v) is 21.4. The Bertz CT molecular complexity index is 1480. The lowest BCUT2D eigenvalue weighted by molar-refractivity contribution is -0.319. The van der Waals surface area contributed by atoms with Crippen LogP contribution in [0.4, 0.5) is 0 Å². The molecule has 9 heteroatoms. The van der Waals surface area contributed by atoms with E-state index in [0.717, 1.165) is 24.9 Å². The Hall–Kier alpha value is -3.40.